The zero-order valence-electron chi connectivity index (χ0n) is 20.8. The van der Waals surface area contributed by atoms with E-state index in [4.69, 9.17) is 9.47 Å². The number of carbonyl (C=O) groups is 1. The number of aliphatic hydroxyl groups is 2. The van der Waals surface area contributed by atoms with Crippen LogP contribution in [0.5, 0.6) is 5.75 Å². The van der Waals surface area contributed by atoms with Crippen molar-refractivity contribution in [2.75, 3.05) is 19.5 Å². The first-order valence-corrected chi connectivity index (χ1v) is 11.8. The highest BCUT2D eigenvalue weighted by molar-refractivity contribution is 5.85. The third-order valence-electron chi connectivity index (χ3n) is 6.29. The number of nitrogens with one attached hydrogen (secondary N) is 2. The second-order valence-corrected chi connectivity index (χ2v) is 8.82. The van der Waals surface area contributed by atoms with Gasteiger partial charge in [-0.3, -0.25) is 14.3 Å². The molecule has 4 N–H and O–H groups in total. The van der Waals surface area contributed by atoms with E-state index in [2.05, 4.69) is 30.6 Å². The predicted octanol–water partition coefficient (Wildman–Crippen LogP) is 1.32. The van der Waals surface area contributed by atoms with Crippen molar-refractivity contribution in [3.63, 3.8) is 0 Å². The molecule has 0 spiro atoms. The molecule has 5 rings (SSSR count). The number of halogens is 1. The van der Waals surface area contributed by atoms with Gasteiger partial charge in [-0.05, 0) is 19.1 Å². The summed E-state index contributed by atoms with van der Waals surface area (Å²) in [6.07, 6.45) is -0.894. The largest absolute Gasteiger partial charge is 0.495 e. The Morgan fingerprint density at radius 3 is 2.79 bits per heavy atom. The van der Waals surface area contributed by atoms with E-state index in [0.717, 1.165) is 5.56 Å². The van der Waals surface area contributed by atoms with Crippen LogP contribution in [-0.2, 0) is 16.1 Å². The van der Waals surface area contributed by atoms with Crippen LogP contribution in [0.4, 0.5) is 10.2 Å². The van der Waals surface area contributed by atoms with Crippen LogP contribution < -0.4 is 15.4 Å². The Kier molecular flexibility index (Phi) is 6.89. The first-order chi connectivity index (χ1) is 18.3. The van der Waals surface area contributed by atoms with Gasteiger partial charge in [-0.15, -0.1) is 0 Å². The molecular formula is C25H26FN7O5. The summed E-state index contributed by atoms with van der Waals surface area (Å²) < 4.78 is 26.8. The molecule has 1 aliphatic heterocycles. The van der Waals surface area contributed by atoms with Crippen molar-refractivity contribution in [2.24, 2.45) is 0 Å². The summed E-state index contributed by atoms with van der Waals surface area (Å²) in [6.45, 7) is 1.98. The van der Waals surface area contributed by atoms with Crippen molar-refractivity contribution < 1.29 is 28.9 Å². The van der Waals surface area contributed by atoms with Gasteiger partial charge in [0.2, 0.25) is 0 Å². The lowest BCUT2D eigenvalue weighted by molar-refractivity contribution is -0.137. The molecule has 38 heavy (non-hydrogen) atoms. The van der Waals surface area contributed by atoms with Crippen molar-refractivity contribution in [3.8, 4) is 17.1 Å². The number of benzene rings is 1. The number of pyridine rings is 1. The Bertz CT molecular complexity index is 1500. The zero-order chi connectivity index (χ0) is 27.0. The third-order valence-corrected chi connectivity index (χ3v) is 6.29. The van der Waals surface area contributed by atoms with Gasteiger partial charge in [-0.1, -0.05) is 17.7 Å². The van der Waals surface area contributed by atoms with Gasteiger partial charge in [-0.25, -0.2) is 19.3 Å². The summed E-state index contributed by atoms with van der Waals surface area (Å²) in [6, 6.07) is 6.52. The van der Waals surface area contributed by atoms with Crippen molar-refractivity contribution >= 4 is 22.9 Å². The molecule has 12 nitrogen and oxygen atoms in total. The van der Waals surface area contributed by atoms with E-state index in [-0.39, 0.29) is 23.8 Å². The zero-order valence-corrected chi connectivity index (χ0v) is 20.8. The molecule has 3 unspecified atom stereocenters. The van der Waals surface area contributed by atoms with Gasteiger partial charge in [0.1, 0.15) is 23.8 Å². The van der Waals surface area contributed by atoms with Crippen LogP contribution in [0.25, 0.3) is 22.6 Å². The smallest absolute Gasteiger partial charge is 0.251 e. The molecule has 0 aliphatic carbocycles. The second kappa shape index (κ2) is 10.3. The highest BCUT2D eigenvalue weighted by Gasteiger charge is 2.47. The molecule has 1 fully saturated rings. The molecule has 13 heteroatoms. The summed E-state index contributed by atoms with van der Waals surface area (Å²) in [7, 11) is 2.91. The van der Waals surface area contributed by atoms with E-state index < -0.39 is 30.4 Å². The minimum Gasteiger partial charge on any atom is -0.495 e. The number of imidazole rings is 1. The average Bonchev–Trinajstić information content (AvgIpc) is 3.49. The minimum absolute atomic E-state index is 0.113. The topological polar surface area (TPSA) is 157 Å². The molecule has 0 radical (unpaired) electrons. The van der Waals surface area contributed by atoms with Crippen LogP contribution in [0.2, 0.25) is 0 Å². The van der Waals surface area contributed by atoms with Gasteiger partial charge in [0, 0.05) is 30.9 Å². The monoisotopic (exact) mass is 523 g/mol. The second-order valence-electron chi connectivity index (χ2n) is 8.82. The predicted molar refractivity (Wildman–Crippen MR) is 134 cm³/mol. The number of likely N-dealkylation sites (N-methyl/N-ethyl adjacent to an activating group) is 1. The molecule has 198 valence electrons. The number of aromatic nitrogens is 5. The Labute approximate surface area is 216 Å². The number of ether oxygens (including phenoxy) is 2. The van der Waals surface area contributed by atoms with Crippen molar-refractivity contribution in [2.45, 2.75) is 38.0 Å². The molecule has 1 saturated heterocycles. The number of rotatable bonds is 7. The Balaban J connectivity index is 1.59. The van der Waals surface area contributed by atoms with E-state index in [1.807, 2.05) is 6.92 Å². The summed E-state index contributed by atoms with van der Waals surface area (Å²) in [5.74, 6) is 0.0795. The lowest BCUT2D eigenvalue weighted by Gasteiger charge is -2.17. The summed E-state index contributed by atoms with van der Waals surface area (Å²) in [5, 5.41) is 26.7. The number of methoxy groups -OCH3 is 1. The number of hydrogen-bond donors (Lipinski definition) is 4. The van der Waals surface area contributed by atoms with Crippen molar-refractivity contribution in [3.05, 3.63) is 59.9 Å². The normalized spacial score (nSPS) is 21.0. The number of aryl methyl sites for hydroxylation is 1. The number of amides is 1. The summed E-state index contributed by atoms with van der Waals surface area (Å²) in [4.78, 5) is 30.0. The van der Waals surface area contributed by atoms with Gasteiger partial charge in [0.25, 0.3) is 5.91 Å². The fraction of sp³-hybridized carbons (Fsp3) is 0.320. The quantitative estimate of drug-likeness (QED) is 0.279. The van der Waals surface area contributed by atoms with Crippen LogP contribution in [0.15, 0.2) is 43.0 Å². The van der Waals surface area contributed by atoms with Crippen LogP contribution in [0, 0.1) is 12.7 Å². The summed E-state index contributed by atoms with van der Waals surface area (Å²) >= 11 is 0. The highest BCUT2D eigenvalue weighted by Crippen LogP contribution is 2.34. The Hall–Kier alpha value is -4.20. The lowest BCUT2D eigenvalue weighted by atomic mass is 10.1. The number of hydrogen-bond acceptors (Lipinski definition) is 10. The fourth-order valence-electron chi connectivity index (χ4n) is 4.27. The van der Waals surface area contributed by atoms with Gasteiger partial charge in [0.05, 0.1) is 19.6 Å². The van der Waals surface area contributed by atoms with Crippen LogP contribution in [0.1, 0.15) is 17.4 Å². The standard InChI is InChI=1S/C25H26FN7O5/c1-12-4-5-16(26)13(6-12)9-29-22-17-23(32-21(31-22)14-7-15(37-3)10-28-8-14)33(11-30-17)25-19(35)18(34)20(38-25)24(36)27-2/h4-8,10-11,18-20,25,34-35H,9H2,1-3H3,(H,27,36)(H,29,31,32)/t18?,19?,20-,25?/m1/s1. The number of anilines is 1. The number of fused-ring (bicyclic) bond motifs is 1. The van der Waals surface area contributed by atoms with Crippen molar-refractivity contribution in [1.29, 1.82) is 0 Å². The molecular weight excluding hydrogens is 497 g/mol. The maximum atomic E-state index is 14.4. The third kappa shape index (κ3) is 4.62. The Morgan fingerprint density at radius 2 is 2.03 bits per heavy atom. The van der Waals surface area contributed by atoms with Crippen LogP contribution in [0.3, 0.4) is 0 Å². The highest BCUT2D eigenvalue weighted by atomic mass is 19.1. The van der Waals surface area contributed by atoms with Crippen LogP contribution in [-0.4, -0.2) is 73.1 Å². The van der Waals surface area contributed by atoms with E-state index in [1.165, 1.54) is 37.3 Å². The van der Waals surface area contributed by atoms with Crippen LogP contribution >= 0.6 is 0 Å². The molecule has 0 saturated carbocycles. The first kappa shape index (κ1) is 25.4. The molecule has 4 atom stereocenters. The van der Waals surface area contributed by atoms with Gasteiger partial charge in [-0.2, -0.15) is 0 Å². The summed E-state index contributed by atoms with van der Waals surface area (Å²) in [5.41, 5.74) is 2.43. The van der Waals surface area contributed by atoms with Gasteiger partial charge in [0.15, 0.2) is 35.1 Å². The maximum Gasteiger partial charge on any atom is 0.251 e. The SMILES string of the molecule is CNC(=O)[C@@H]1OC(n2cnc3c(NCc4cc(C)ccc4F)nc(-c4cncc(OC)c4)nc32)C(O)C1O. The average molecular weight is 524 g/mol. The fourth-order valence-corrected chi connectivity index (χ4v) is 4.27. The van der Waals surface area contributed by atoms with E-state index >= 15 is 0 Å². The first-order valence-electron chi connectivity index (χ1n) is 11.8. The van der Waals surface area contributed by atoms with Gasteiger partial charge >= 0.3 is 0 Å². The lowest BCUT2D eigenvalue weighted by Crippen LogP contribution is -2.41. The van der Waals surface area contributed by atoms with Crippen molar-refractivity contribution in [1.82, 2.24) is 29.8 Å². The number of nitrogens with zero attached hydrogens (tertiary/aromatic N) is 5. The number of aliphatic hydroxyl groups excluding tert-OH is 2. The molecule has 0 bridgehead atoms. The van der Waals surface area contributed by atoms with Gasteiger partial charge < -0.3 is 30.3 Å². The van der Waals surface area contributed by atoms with E-state index in [1.54, 1.807) is 24.4 Å². The van der Waals surface area contributed by atoms with E-state index in [0.29, 0.717) is 28.2 Å². The maximum absolute atomic E-state index is 14.4. The Morgan fingerprint density at radius 1 is 1.21 bits per heavy atom. The van der Waals surface area contributed by atoms with E-state index in [9.17, 15) is 19.4 Å². The molecule has 4 aromatic rings. The molecule has 4 heterocycles. The molecule has 3 aromatic heterocycles. The minimum atomic E-state index is -1.47. The molecule has 1 aromatic carbocycles. The number of carbonyl (C=O) groups excluding carboxylic acids is 1. The molecule has 1 aliphatic rings. The molecule has 1 amide bonds.